The summed E-state index contributed by atoms with van der Waals surface area (Å²) in [5.74, 6) is 5.04. The van der Waals surface area contributed by atoms with Crippen LogP contribution in [0.15, 0.2) is 23.3 Å². The van der Waals surface area contributed by atoms with Gasteiger partial charge in [0, 0.05) is 11.0 Å². The topological polar surface area (TPSA) is 20.2 Å². The van der Waals surface area contributed by atoms with Crippen molar-refractivity contribution in [2.45, 2.75) is 106 Å². The molecule has 0 heterocycles. The smallest absolute Gasteiger partial charge is 0.0436 e. The molecule has 184 valence electrons. The van der Waals surface area contributed by atoms with Gasteiger partial charge in [0.1, 0.15) is 0 Å². The largest absolute Gasteiger partial charge is 0.396 e. The Morgan fingerprint density at radius 3 is 1.72 bits per heavy atom. The lowest BCUT2D eigenvalue weighted by Gasteiger charge is -2.44. The van der Waals surface area contributed by atoms with Gasteiger partial charge in [0.05, 0.1) is 0 Å². The summed E-state index contributed by atoms with van der Waals surface area (Å²) in [5.41, 5.74) is 4.47. The van der Waals surface area contributed by atoms with E-state index in [1.165, 1.54) is 62.2 Å². The molecule has 2 heteroatoms. The molecule has 0 spiro atoms. The van der Waals surface area contributed by atoms with Gasteiger partial charge in [0.15, 0.2) is 0 Å². The van der Waals surface area contributed by atoms with Gasteiger partial charge < -0.3 is 5.11 Å². The van der Waals surface area contributed by atoms with Crippen LogP contribution in [0.4, 0.5) is 0 Å². The lowest BCUT2D eigenvalue weighted by molar-refractivity contribution is 0.108. The van der Waals surface area contributed by atoms with Crippen molar-refractivity contribution in [3.8, 4) is 0 Å². The summed E-state index contributed by atoms with van der Waals surface area (Å²) in [6, 6.07) is 0. The molecule has 0 aliphatic heterocycles. The Morgan fingerprint density at radius 2 is 1.31 bits per heavy atom. The van der Waals surface area contributed by atoms with Crippen LogP contribution >= 0.6 is 22.6 Å². The van der Waals surface area contributed by atoms with Gasteiger partial charge in [-0.3, -0.25) is 0 Å². The zero-order valence-corrected chi connectivity index (χ0v) is 24.1. The van der Waals surface area contributed by atoms with Crippen molar-refractivity contribution in [3.05, 3.63) is 23.3 Å². The maximum absolute atomic E-state index is 9.10. The van der Waals surface area contributed by atoms with Crippen molar-refractivity contribution in [1.82, 2.24) is 0 Å². The van der Waals surface area contributed by atoms with Crippen LogP contribution in [0, 0.1) is 46.3 Å². The third-order valence-electron chi connectivity index (χ3n) is 10.4. The first-order valence-corrected chi connectivity index (χ1v) is 15.3. The average Bonchev–Trinajstić information content (AvgIpc) is 3.27. The third kappa shape index (κ3) is 5.21. The molecule has 2 fully saturated rings. The maximum atomic E-state index is 9.10. The average molecular weight is 555 g/mol. The monoisotopic (exact) mass is 554 g/mol. The minimum absolute atomic E-state index is 0.328. The fraction of sp³-hybridized carbons (Fsp3) is 0.867. The van der Waals surface area contributed by atoms with E-state index in [-0.39, 0.29) is 0 Å². The molecule has 0 aromatic carbocycles. The van der Waals surface area contributed by atoms with Crippen LogP contribution in [-0.2, 0) is 0 Å². The first-order valence-electron chi connectivity index (χ1n) is 13.8. The summed E-state index contributed by atoms with van der Waals surface area (Å²) in [7, 11) is 0. The molecular formula is C30H51IO. The van der Waals surface area contributed by atoms with E-state index in [4.69, 9.17) is 5.11 Å². The zero-order valence-electron chi connectivity index (χ0n) is 21.9. The van der Waals surface area contributed by atoms with Crippen LogP contribution < -0.4 is 0 Å². The second-order valence-electron chi connectivity index (χ2n) is 12.4. The molecule has 8 atom stereocenters. The highest BCUT2D eigenvalue weighted by atomic mass is 127. The molecular weight excluding hydrogens is 503 g/mol. The predicted molar refractivity (Wildman–Crippen MR) is 148 cm³/mol. The second-order valence-corrected chi connectivity index (χ2v) is 13.4. The first kappa shape index (κ1) is 26.8. The fourth-order valence-corrected chi connectivity index (χ4v) is 9.42. The highest BCUT2D eigenvalue weighted by Crippen LogP contribution is 2.57. The van der Waals surface area contributed by atoms with Crippen LogP contribution in [0.2, 0.25) is 0 Å². The van der Waals surface area contributed by atoms with Gasteiger partial charge in [-0.15, -0.1) is 0 Å². The minimum atomic E-state index is 0.328. The predicted octanol–water partition coefficient (Wildman–Crippen LogP) is 9.00. The molecule has 0 amide bonds. The molecule has 4 aliphatic rings. The SMILES string of the molecule is CC1CCC[C@]2(C)C([C@@H](C)CCI)=CC[C@@H]12.CC1CCC[C@]2(C)C([C@@H](C)CCO)=CC[C@@H]12. The standard InChI is InChI=1S/C15H25I.C15H26O/c2*1-11-5-4-9-15(3)13(11)6-7-14(15)12(2)8-10-16/h7,11-13H,4-6,8-10H2,1-3H3;7,11-13,16H,4-6,8-10H2,1-3H3/t2*11?,12-,13-,15-/m00/s1. The lowest BCUT2D eigenvalue weighted by atomic mass is 9.60. The van der Waals surface area contributed by atoms with Gasteiger partial charge in [-0.1, -0.05) is 113 Å². The number of hydrogen-bond donors (Lipinski definition) is 1. The van der Waals surface area contributed by atoms with Gasteiger partial charge >= 0.3 is 0 Å². The minimum Gasteiger partial charge on any atom is -0.396 e. The van der Waals surface area contributed by atoms with Crippen molar-refractivity contribution < 1.29 is 5.11 Å². The van der Waals surface area contributed by atoms with E-state index >= 15 is 0 Å². The zero-order chi connectivity index (χ0) is 23.5. The lowest BCUT2D eigenvalue weighted by Crippen LogP contribution is -2.35. The van der Waals surface area contributed by atoms with Crippen molar-refractivity contribution >= 4 is 22.6 Å². The van der Waals surface area contributed by atoms with Gasteiger partial charge in [-0.2, -0.15) is 0 Å². The number of hydrogen-bond acceptors (Lipinski definition) is 1. The number of aliphatic hydroxyl groups is 1. The summed E-state index contributed by atoms with van der Waals surface area (Å²) in [5, 5.41) is 9.10. The highest BCUT2D eigenvalue weighted by molar-refractivity contribution is 14.1. The molecule has 4 aliphatic carbocycles. The Bertz CT molecular complexity index is 622. The van der Waals surface area contributed by atoms with Crippen molar-refractivity contribution in [2.75, 3.05) is 11.0 Å². The molecule has 1 N–H and O–H groups in total. The van der Waals surface area contributed by atoms with E-state index in [1.807, 2.05) is 0 Å². The third-order valence-corrected chi connectivity index (χ3v) is 11.0. The first-order chi connectivity index (χ1) is 15.2. The second kappa shape index (κ2) is 11.3. The number of aliphatic hydroxyl groups excluding tert-OH is 1. The normalized spacial score (nSPS) is 40.4. The Morgan fingerprint density at radius 1 is 0.875 bits per heavy atom. The number of rotatable bonds is 6. The molecule has 2 saturated carbocycles. The summed E-state index contributed by atoms with van der Waals surface area (Å²) < 4.78 is 1.30. The molecule has 0 saturated heterocycles. The van der Waals surface area contributed by atoms with E-state index in [0.717, 1.165) is 36.0 Å². The molecule has 0 aromatic heterocycles. The van der Waals surface area contributed by atoms with E-state index in [2.05, 4.69) is 76.3 Å². The molecule has 4 rings (SSSR count). The summed E-state index contributed by atoms with van der Waals surface area (Å²) in [6.45, 7) is 15.0. The Hall–Kier alpha value is 0.170. The molecule has 0 bridgehead atoms. The quantitative estimate of drug-likeness (QED) is 0.197. The number of allylic oxidation sites excluding steroid dienone is 4. The summed E-state index contributed by atoms with van der Waals surface area (Å²) in [6.07, 6.45) is 18.5. The van der Waals surface area contributed by atoms with Gasteiger partial charge in [-0.05, 0) is 84.9 Å². The fourth-order valence-electron chi connectivity index (χ4n) is 8.48. The molecule has 1 nitrogen and oxygen atoms in total. The van der Waals surface area contributed by atoms with Gasteiger partial charge in [0.2, 0.25) is 0 Å². The number of alkyl halides is 1. The maximum Gasteiger partial charge on any atom is 0.0436 e. The van der Waals surface area contributed by atoms with E-state index in [0.29, 0.717) is 23.4 Å². The van der Waals surface area contributed by atoms with E-state index in [9.17, 15) is 0 Å². The summed E-state index contributed by atoms with van der Waals surface area (Å²) >= 11 is 2.52. The molecule has 0 aromatic rings. The summed E-state index contributed by atoms with van der Waals surface area (Å²) in [4.78, 5) is 0. The Kier molecular flexibility index (Phi) is 9.43. The van der Waals surface area contributed by atoms with Crippen LogP contribution in [0.5, 0.6) is 0 Å². The van der Waals surface area contributed by atoms with Gasteiger partial charge in [0.25, 0.3) is 0 Å². The number of halogens is 1. The Balaban J connectivity index is 0.000000181. The molecule has 0 radical (unpaired) electrons. The molecule has 32 heavy (non-hydrogen) atoms. The Labute approximate surface area is 213 Å². The van der Waals surface area contributed by atoms with Crippen LogP contribution in [0.3, 0.4) is 0 Å². The van der Waals surface area contributed by atoms with Crippen LogP contribution in [0.1, 0.15) is 106 Å². The highest BCUT2D eigenvalue weighted by Gasteiger charge is 2.47. The van der Waals surface area contributed by atoms with Crippen molar-refractivity contribution in [1.29, 1.82) is 0 Å². The van der Waals surface area contributed by atoms with Crippen LogP contribution in [-0.4, -0.2) is 16.1 Å². The van der Waals surface area contributed by atoms with Crippen molar-refractivity contribution in [2.24, 2.45) is 46.3 Å². The van der Waals surface area contributed by atoms with E-state index in [1.54, 1.807) is 11.1 Å². The van der Waals surface area contributed by atoms with Gasteiger partial charge in [-0.25, -0.2) is 0 Å². The van der Waals surface area contributed by atoms with Crippen molar-refractivity contribution in [3.63, 3.8) is 0 Å². The van der Waals surface area contributed by atoms with Crippen LogP contribution in [0.25, 0.3) is 0 Å². The number of fused-ring (bicyclic) bond motifs is 2. The molecule has 2 unspecified atom stereocenters. The van der Waals surface area contributed by atoms with E-state index < -0.39 is 0 Å².